The molecule has 0 saturated heterocycles. The van der Waals surface area contributed by atoms with Crippen LogP contribution in [0.1, 0.15) is 73.5 Å². The zero-order valence-electron chi connectivity index (χ0n) is 22.6. The molecule has 0 radical (unpaired) electrons. The number of amides is 2. The van der Waals surface area contributed by atoms with Crippen LogP contribution in [0.3, 0.4) is 0 Å². The molecule has 2 aromatic carbocycles. The van der Waals surface area contributed by atoms with Gasteiger partial charge < -0.3 is 4.90 Å². The number of aromatic amines is 1. The molecule has 40 heavy (non-hydrogen) atoms. The molecule has 1 saturated carbocycles. The maximum absolute atomic E-state index is 13.9. The summed E-state index contributed by atoms with van der Waals surface area (Å²) < 4.78 is 54.8. The van der Waals surface area contributed by atoms with Gasteiger partial charge in [0.05, 0.1) is 12.0 Å². The molecular formula is C28H32F4N6O2. The quantitative estimate of drug-likeness (QED) is 0.356. The van der Waals surface area contributed by atoms with Crippen molar-refractivity contribution in [2.24, 2.45) is 11.3 Å². The highest BCUT2D eigenvalue weighted by molar-refractivity contribution is 6.03. The van der Waals surface area contributed by atoms with Crippen LogP contribution in [0, 0.1) is 17.2 Å². The van der Waals surface area contributed by atoms with Crippen molar-refractivity contribution in [3.05, 3.63) is 70.5 Å². The van der Waals surface area contributed by atoms with E-state index in [9.17, 15) is 27.2 Å². The van der Waals surface area contributed by atoms with Crippen LogP contribution in [-0.4, -0.2) is 43.4 Å². The van der Waals surface area contributed by atoms with Crippen LogP contribution in [0.5, 0.6) is 0 Å². The van der Waals surface area contributed by atoms with Gasteiger partial charge in [-0.3, -0.25) is 14.9 Å². The van der Waals surface area contributed by atoms with Crippen LogP contribution in [0.2, 0.25) is 0 Å². The number of carbonyl (C=O) groups excluding carboxylic acids is 2. The number of halogens is 4. The molecule has 1 aromatic heterocycles. The number of nitrogens with one attached hydrogen (secondary N) is 2. The molecule has 214 valence electrons. The van der Waals surface area contributed by atoms with Crippen LogP contribution in [0.25, 0.3) is 0 Å². The lowest BCUT2D eigenvalue weighted by atomic mass is 9.71. The summed E-state index contributed by atoms with van der Waals surface area (Å²) in [5.41, 5.74) is -0.264. The summed E-state index contributed by atoms with van der Waals surface area (Å²) in [6, 6.07) is 8.58. The Bertz CT molecular complexity index is 1310. The molecule has 12 heteroatoms. The van der Waals surface area contributed by atoms with Gasteiger partial charge in [-0.05, 0) is 83.7 Å². The average molecular weight is 561 g/mol. The highest BCUT2D eigenvalue weighted by atomic mass is 19.4. The Hall–Kier alpha value is -3.83. The summed E-state index contributed by atoms with van der Waals surface area (Å²) >= 11 is 0. The first kappa shape index (κ1) is 29.2. The second-order valence-corrected chi connectivity index (χ2v) is 11.3. The molecule has 1 heterocycles. The van der Waals surface area contributed by atoms with E-state index in [4.69, 9.17) is 0 Å². The Morgan fingerprint density at radius 3 is 2.27 bits per heavy atom. The minimum Gasteiger partial charge on any atom is -0.335 e. The predicted octanol–water partition coefficient (Wildman–Crippen LogP) is 5.79. The molecule has 1 aliphatic rings. The Labute approximate surface area is 229 Å². The number of rotatable bonds is 7. The molecule has 3 aromatic rings. The van der Waals surface area contributed by atoms with Crippen molar-refractivity contribution in [1.29, 1.82) is 0 Å². The summed E-state index contributed by atoms with van der Waals surface area (Å²) in [6.45, 7) is 6.69. The Morgan fingerprint density at radius 1 is 1.02 bits per heavy atom. The Kier molecular flexibility index (Phi) is 8.55. The number of benzene rings is 2. The van der Waals surface area contributed by atoms with Crippen molar-refractivity contribution in [3.63, 3.8) is 0 Å². The maximum atomic E-state index is 13.9. The highest BCUT2D eigenvalue weighted by Gasteiger charge is 2.36. The fourth-order valence-electron chi connectivity index (χ4n) is 5.27. The summed E-state index contributed by atoms with van der Waals surface area (Å²) in [4.78, 5) is 27.6. The molecule has 0 spiro atoms. The summed E-state index contributed by atoms with van der Waals surface area (Å²) in [7, 11) is 0. The van der Waals surface area contributed by atoms with E-state index in [1.807, 2.05) is 0 Å². The first-order chi connectivity index (χ1) is 18.8. The molecule has 4 rings (SSSR count). The molecule has 0 atom stereocenters. The van der Waals surface area contributed by atoms with Crippen molar-refractivity contribution >= 4 is 17.8 Å². The van der Waals surface area contributed by atoms with E-state index < -0.39 is 35.8 Å². The first-order valence-electron chi connectivity index (χ1n) is 13.1. The van der Waals surface area contributed by atoms with E-state index in [-0.39, 0.29) is 29.5 Å². The first-order valence-corrected chi connectivity index (χ1v) is 13.1. The third-order valence-electron chi connectivity index (χ3n) is 7.54. The number of H-pyrrole nitrogens is 1. The van der Waals surface area contributed by atoms with Gasteiger partial charge in [0, 0.05) is 18.2 Å². The number of alkyl halides is 3. The number of hydrogen-bond acceptors (Lipinski definition) is 5. The van der Waals surface area contributed by atoms with Gasteiger partial charge in [0.25, 0.3) is 11.9 Å². The molecule has 0 bridgehead atoms. The van der Waals surface area contributed by atoms with Crippen molar-refractivity contribution in [2.45, 2.75) is 71.6 Å². The predicted molar refractivity (Wildman–Crippen MR) is 139 cm³/mol. The second kappa shape index (κ2) is 11.7. The molecular weight excluding hydrogens is 528 g/mol. The molecule has 1 aliphatic carbocycles. The van der Waals surface area contributed by atoms with Crippen LogP contribution in [0.4, 0.5) is 23.5 Å². The van der Waals surface area contributed by atoms with Gasteiger partial charge in [-0.25, -0.2) is 4.39 Å². The smallest absolute Gasteiger partial charge is 0.335 e. The molecule has 2 N–H and O–H groups in total. The van der Waals surface area contributed by atoms with Crippen LogP contribution in [-0.2, 0) is 23.9 Å². The topological polar surface area (TPSA) is 104 Å². The fraction of sp³-hybridized carbons (Fsp3) is 0.464. The standard InChI is InChI=1S/C28H32F4N6O2/c1-27(2,3)20-8-11-22(12-9-20)38(24(39)15-19-14-21(29)10-13-23(19)28(30,31)32)16-17-4-6-18(7-5-17)25(40)33-26-34-36-37-35-26/h4-7,10,13-14,20,22H,8-9,11-12,15-16H2,1-3H3,(H2,33,34,35,36,37,40). The summed E-state index contributed by atoms with van der Waals surface area (Å²) in [5, 5.41) is 15.5. The van der Waals surface area contributed by atoms with Gasteiger partial charge in [-0.2, -0.15) is 18.4 Å². The van der Waals surface area contributed by atoms with Crippen molar-refractivity contribution in [1.82, 2.24) is 25.5 Å². The van der Waals surface area contributed by atoms with Gasteiger partial charge in [0.1, 0.15) is 5.82 Å². The number of tetrazole rings is 1. The lowest BCUT2D eigenvalue weighted by Crippen LogP contribution is -2.44. The minimum absolute atomic E-state index is 0.0206. The summed E-state index contributed by atoms with van der Waals surface area (Å²) in [6.07, 6.45) is -2.07. The van der Waals surface area contributed by atoms with Gasteiger partial charge >= 0.3 is 6.18 Å². The van der Waals surface area contributed by atoms with Gasteiger partial charge in [0.2, 0.25) is 5.91 Å². The van der Waals surface area contributed by atoms with E-state index in [0.29, 0.717) is 36.0 Å². The normalized spacial score (nSPS) is 17.9. The van der Waals surface area contributed by atoms with Gasteiger partial charge in [-0.15, -0.1) is 5.10 Å². The van der Waals surface area contributed by atoms with Crippen LogP contribution in [0.15, 0.2) is 42.5 Å². The van der Waals surface area contributed by atoms with Crippen molar-refractivity contribution in [2.75, 3.05) is 5.32 Å². The number of hydrogen-bond donors (Lipinski definition) is 2. The minimum atomic E-state index is -4.71. The number of anilines is 1. The lowest BCUT2D eigenvalue weighted by molar-refractivity contribution is -0.139. The number of nitrogens with zero attached hydrogens (tertiary/aromatic N) is 4. The largest absolute Gasteiger partial charge is 0.416 e. The number of aromatic nitrogens is 4. The summed E-state index contributed by atoms with van der Waals surface area (Å²) in [5.74, 6) is -1.30. The highest BCUT2D eigenvalue weighted by Crippen LogP contribution is 2.40. The Balaban J connectivity index is 1.55. The molecule has 1 fully saturated rings. The maximum Gasteiger partial charge on any atom is 0.416 e. The van der Waals surface area contributed by atoms with Crippen LogP contribution < -0.4 is 5.32 Å². The third kappa shape index (κ3) is 7.22. The molecule has 2 amide bonds. The molecule has 0 aliphatic heterocycles. The molecule has 0 unspecified atom stereocenters. The molecule has 8 nitrogen and oxygen atoms in total. The van der Waals surface area contributed by atoms with E-state index in [0.717, 1.165) is 25.0 Å². The van der Waals surface area contributed by atoms with E-state index in [1.165, 1.54) is 0 Å². The van der Waals surface area contributed by atoms with E-state index in [1.54, 1.807) is 29.2 Å². The third-order valence-corrected chi connectivity index (χ3v) is 7.54. The Morgan fingerprint density at radius 2 is 1.70 bits per heavy atom. The van der Waals surface area contributed by atoms with Gasteiger partial charge in [0.15, 0.2) is 0 Å². The van der Waals surface area contributed by atoms with E-state index >= 15 is 0 Å². The van der Waals surface area contributed by atoms with Gasteiger partial charge in [-0.1, -0.05) is 38.0 Å². The van der Waals surface area contributed by atoms with Crippen LogP contribution >= 0.6 is 0 Å². The monoisotopic (exact) mass is 560 g/mol. The van der Waals surface area contributed by atoms with Crippen molar-refractivity contribution in [3.8, 4) is 0 Å². The zero-order valence-corrected chi connectivity index (χ0v) is 22.6. The second-order valence-electron chi connectivity index (χ2n) is 11.3. The fourth-order valence-corrected chi connectivity index (χ4v) is 5.27. The SMILES string of the molecule is CC(C)(C)C1CCC(N(Cc2ccc(C(=O)Nc3nn[nH]n3)cc2)C(=O)Cc2cc(F)ccc2C(F)(F)F)CC1. The average Bonchev–Trinajstić information content (AvgIpc) is 3.39. The van der Waals surface area contributed by atoms with Crippen molar-refractivity contribution < 1.29 is 27.2 Å². The number of carbonyl (C=O) groups is 2. The van der Waals surface area contributed by atoms with E-state index in [2.05, 4.69) is 46.7 Å². The zero-order chi connectivity index (χ0) is 29.1. The lowest BCUT2D eigenvalue weighted by Gasteiger charge is -2.41.